The minimum Gasteiger partial charge on any atom is -0.307 e. The standard InChI is InChI=1S/C79H49N11/c1-12-35-63-50(24-1)51-25-2-13-36-64(51)86(63)72-47-73(87-65-37-14-3-26-52(65)53-27-4-15-38-66(53)87)81-77(80-72)90-71-43-20-10-33-59(71)61-45-44-60-58-32-9-11-34-62(58)85(74(60)75(61)90)49-23-21-22-48(46-49)76-82-78(88-67-39-16-5-28-54(67)55-29-6-17-40-68(55)88)84-79(83-76)89-69-41-18-7-30-56(69)57-31-8-19-42-70(57)89/h1-14,16-37,39-47H,15,38H2. The molecule has 8 aromatic heterocycles. The normalized spacial score (nSPS) is 12.8. The topological polar surface area (TPSA) is 94.0 Å². The van der Waals surface area contributed by atoms with Gasteiger partial charge in [0.1, 0.15) is 11.6 Å². The van der Waals surface area contributed by atoms with E-state index >= 15 is 0 Å². The molecule has 0 saturated carbocycles. The van der Waals surface area contributed by atoms with Gasteiger partial charge >= 0.3 is 0 Å². The molecule has 0 unspecified atom stereocenters. The third-order valence-electron chi connectivity index (χ3n) is 18.8. The zero-order valence-corrected chi connectivity index (χ0v) is 48.3. The zero-order chi connectivity index (χ0) is 58.7. The van der Waals surface area contributed by atoms with Crippen molar-refractivity contribution in [3.05, 3.63) is 278 Å². The number of aromatic nitrogens is 11. The van der Waals surface area contributed by atoms with E-state index in [4.69, 9.17) is 24.9 Å². The van der Waals surface area contributed by atoms with Crippen molar-refractivity contribution < 1.29 is 0 Å². The van der Waals surface area contributed by atoms with Gasteiger partial charge in [0.2, 0.25) is 17.8 Å². The van der Waals surface area contributed by atoms with E-state index in [1.807, 2.05) is 0 Å². The van der Waals surface area contributed by atoms with Crippen molar-refractivity contribution >= 4 is 126 Å². The fourth-order valence-electron chi connectivity index (χ4n) is 15.1. The summed E-state index contributed by atoms with van der Waals surface area (Å²) in [4.78, 5) is 28.2. The number of nitrogens with zero attached hydrogens (tertiary/aromatic N) is 11. The molecule has 0 fully saturated rings. The van der Waals surface area contributed by atoms with Crippen LogP contribution in [0.4, 0.5) is 0 Å². The van der Waals surface area contributed by atoms with Crippen LogP contribution in [0, 0.1) is 0 Å². The highest BCUT2D eigenvalue weighted by Gasteiger charge is 2.28. The number of benzene rings is 11. The molecule has 11 heteroatoms. The van der Waals surface area contributed by atoms with Gasteiger partial charge in [0, 0.05) is 87.8 Å². The van der Waals surface area contributed by atoms with Gasteiger partial charge in [-0.3, -0.25) is 22.8 Å². The molecule has 1 aliphatic rings. The second-order valence-electron chi connectivity index (χ2n) is 23.5. The number of hydrogen-bond donors (Lipinski definition) is 0. The number of hydrogen-bond acceptors (Lipinski definition) is 5. The number of rotatable bonds is 7. The van der Waals surface area contributed by atoms with Crippen molar-refractivity contribution in [3.8, 4) is 46.6 Å². The van der Waals surface area contributed by atoms with Gasteiger partial charge in [0.25, 0.3) is 0 Å². The smallest absolute Gasteiger partial charge is 0.240 e. The second kappa shape index (κ2) is 18.6. The second-order valence-corrected chi connectivity index (χ2v) is 23.5. The third-order valence-corrected chi connectivity index (χ3v) is 18.8. The maximum atomic E-state index is 5.84. The van der Waals surface area contributed by atoms with Gasteiger partial charge in [0.05, 0.1) is 60.7 Å². The van der Waals surface area contributed by atoms with Gasteiger partial charge in [-0.1, -0.05) is 200 Å². The van der Waals surface area contributed by atoms with Gasteiger partial charge in [-0.05, 0) is 79.6 Å². The maximum Gasteiger partial charge on any atom is 0.240 e. The summed E-state index contributed by atoms with van der Waals surface area (Å²) in [6.07, 6.45) is 6.41. The van der Waals surface area contributed by atoms with Crippen LogP contribution in [0.5, 0.6) is 0 Å². The first kappa shape index (κ1) is 49.0. The predicted molar refractivity (Wildman–Crippen MR) is 367 cm³/mol. The molecular formula is C79H49N11. The molecule has 8 heterocycles. The predicted octanol–water partition coefficient (Wildman–Crippen LogP) is 18.7. The van der Waals surface area contributed by atoms with E-state index in [1.54, 1.807) is 0 Å². The highest BCUT2D eigenvalue weighted by atomic mass is 15.3. The lowest BCUT2D eigenvalue weighted by molar-refractivity contribution is 0.848. The highest BCUT2D eigenvalue weighted by Crippen LogP contribution is 2.44. The summed E-state index contributed by atoms with van der Waals surface area (Å²) in [7, 11) is 0. The summed E-state index contributed by atoms with van der Waals surface area (Å²) in [6.45, 7) is 0. The average molecular weight is 1150 g/mol. The largest absolute Gasteiger partial charge is 0.307 e. The van der Waals surface area contributed by atoms with Crippen LogP contribution in [0.15, 0.2) is 267 Å². The SMILES string of the molecule is C1=Cc2c(n(-c3cc(-n4c5ccccc5c5ccccc54)nc(-n4c5ccccc5c5ccc6c7ccccc7n(-c7cccc(-c8nc(-n9c%10ccccc%10c%10ccccc%109)nc(-n9c%10ccccc%10c%10ccccc%109)n8)c7)c6c54)n3)c3ccccc23)CC1. The Labute approximate surface area is 513 Å². The van der Waals surface area contributed by atoms with Crippen LogP contribution in [-0.2, 0) is 6.42 Å². The van der Waals surface area contributed by atoms with E-state index in [-0.39, 0.29) is 0 Å². The Balaban J connectivity index is 0.870. The first-order valence-corrected chi connectivity index (χ1v) is 30.7. The van der Waals surface area contributed by atoms with Crippen molar-refractivity contribution in [2.45, 2.75) is 12.8 Å². The van der Waals surface area contributed by atoms with Gasteiger partial charge in [-0.15, -0.1) is 0 Å². The molecule has 11 aromatic carbocycles. The first-order chi connectivity index (χ1) is 44.7. The monoisotopic (exact) mass is 1150 g/mol. The van der Waals surface area contributed by atoms with Gasteiger partial charge in [-0.2, -0.15) is 24.9 Å². The number of fused-ring (bicyclic) bond motifs is 19. The Bertz CT molecular complexity index is 6020. The van der Waals surface area contributed by atoms with E-state index < -0.39 is 0 Å². The van der Waals surface area contributed by atoms with Crippen LogP contribution >= 0.6 is 0 Å². The molecule has 0 saturated heterocycles. The van der Waals surface area contributed by atoms with E-state index in [2.05, 4.69) is 300 Å². The van der Waals surface area contributed by atoms with Crippen molar-refractivity contribution in [1.29, 1.82) is 0 Å². The van der Waals surface area contributed by atoms with Crippen LogP contribution in [-0.4, -0.2) is 52.3 Å². The Morgan fingerprint density at radius 3 is 1.11 bits per heavy atom. The average Bonchev–Trinajstić information content (AvgIpc) is 1.69. The molecule has 0 atom stereocenters. The van der Waals surface area contributed by atoms with Crippen LogP contribution in [0.25, 0.3) is 173 Å². The summed E-state index contributed by atoms with van der Waals surface area (Å²) < 4.78 is 13.8. The van der Waals surface area contributed by atoms with E-state index in [1.165, 1.54) is 16.6 Å². The molecule has 0 N–H and O–H groups in total. The fraction of sp³-hybridized carbons (Fsp3) is 0.0253. The molecule has 0 radical (unpaired) electrons. The molecule has 19 aromatic rings. The minimum absolute atomic E-state index is 0.523. The maximum absolute atomic E-state index is 5.84. The van der Waals surface area contributed by atoms with Crippen LogP contribution in [0.1, 0.15) is 17.7 Å². The number of para-hydroxylation sites is 9. The molecule has 420 valence electrons. The summed E-state index contributed by atoms with van der Waals surface area (Å²) >= 11 is 0. The molecule has 0 spiro atoms. The van der Waals surface area contributed by atoms with Crippen molar-refractivity contribution in [1.82, 2.24) is 52.3 Å². The molecule has 0 aliphatic heterocycles. The zero-order valence-electron chi connectivity index (χ0n) is 48.3. The molecule has 20 rings (SSSR count). The molecule has 90 heavy (non-hydrogen) atoms. The lowest BCUT2D eigenvalue weighted by Gasteiger charge is -2.17. The summed E-state index contributed by atoms with van der Waals surface area (Å²) in [5.41, 5.74) is 15.6. The Hall–Kier alpha value is -12.2. The van der Waals surface area contributed by atoms with Crippen molar-refractivity contribution in [2.24, 2.45) is 0 Å². The highest BCUT2D eigenvalue weighted by molar-refractivity contribution is 6.24. The van der Waals surface area contributed by atoms with Crippen molar-refractivity contribution in [3.63, 3.8) is 0 Å². The molecule has 11 nitrogen and oxygen atoms in total. The number of allylic oxidation sites excluding steroid dienone is 1. The molecule has 1 aliphatic carbocycles. The Morgan fingerprint density at radius 2 is 0.633 bits per heavy atom. The van der Waals surface area contributed by atoms with E-state index in [9.17, 15) is 0 Å². The Morgan fingerprint density at radius 1 is 0.267 bits per heavy atom. The summed E-state index contributed by atoms with van der Waals surface area (Å²) in [6, 6.07) is 93.1. The van der Waals surface area contributed by atoms with Gasteiger partial charge < -0.3 is 4.57 Å². The van der Waals surface area contributed by atoms with E-state index in [0.717, 1.165) is 150 Å². The molecular weight excluding hydrogens is 1100 g/mol. The molecule has 0 amide bonds. The van der Waals surface area contributed by atoms with Gasteiger partial charge in [-0.25, -0.2) is 0 Å². The minimum atomic E-state index is 0.523. The lowest BCUT2D eigenvalue weighted by atomic mass is 10.0. The fourth-order valence-corrected chi connectivity index (χ4v) is 15.1. The first-order valence-electron chi connectivity index (χ1n) is 30.7. The van der Waals surface area contributed by atoms with Crippen LogP contribution < -0.4 is 0 Å². The van der Waals surface area contributed by atoms with Crippen LogP contribution in [0.3, 0.4) is 0 Å². The van der Waals surface area contributed by atoms with E-state index in [0.29, 0.717) is 23.7 Å². The molecule has 0 bridgehead atoms. The summed E-state index contributed by atoms with van der Waals surface area (Å²) in [5, 5.41) is 12.4. The Kier molecular flexibility index (Phi) is 10.1. The van der Waals surface area contributed by atoms with Gasteiger partial charge in [0.15, 0.2) is 5.82 Å². The summed E-state index contributed by atoms with van der Waals surface area (Å²) in [5.74, 6) is 3.72. The van der Waals surface area contributed by atoms with Crippen LogP contribution in [0.2, 0.25) is 0 Å². The third kappa shape index (κ3) is 6.85. The van der Waals surface area contributed by atoms with Crippen molar-refractivity contribution in [2.75, 3.05) is 0 Å². The lowest BCUT2D eigenvalue weighted by Crippen LogP contribution is -2.12. The quantitative estimate of drug-likeness (QED) is 0.158.